The van der Waals surface area contributed by atoms with Crippen molar-refractivity contribution in [1.29, 1.82) is 0 Å². The van der Waals surface area contributed by atoms with Crippen molar-refractivity contribution in [2.75, 3.05) is 26.7 Å². The van der Waals surface area contributed by atoms with Gasteiger partial charge in [-0.3, -0.25) is 9.59 Å². The Balaban J connectivity index is 1.31. The number of aromatic nitrogens is 1. The molecule has 6 nitrogen and oxygen atoms in total. The fourth-order valence-electron chi connectivity index (χ4n) is 4.42. The minimum Gasteiger partial charge on any atom is -0.352 e. The average Bonchev–Trinajstić information content (AvgIpc) is 3.15. The Morgan fingerprint density at radius 3 is 2.97 bits per heavy atom. The predicted molar refractivity (Wildman–Crippen MR) is 121 cm³/mol. The smallest absolute Gasteiger partial charge is 0.251 e. The van der Waals surface area contributed by atoms with Crippen LogP contribution in [-0.4, -0.2) is 54.4 Å². The highest BCUT2D eigenvalue weighted by Crippen LogP contribution is 2.21. The quantitative estimate of drug-likeness (QED) is 0.719. The molecule has 2 heterocycles. The summed E-state index contributed by atoms with van der Waals surface area (Å²) in [6.07, 6.45) is 8.59. The minimum atomic E-state index is -0.0594. The van der Waals surface area contributed by atoms with Crippen molar-refractivity contribution >= 4 is 33.4 Å². The van der Waals surface area contributed by atoms with Gasteiger partial charge < -0.3 is 15.5 Å². The van der Waals surface area contributed by atoms with E-state index in [9.17, 15) is 9.59 Å². The zero-order valence-electron chi connectivity index (χ0n) is 17.5. The number of thiazole rings is 1. The zero-order valence-corrected chi connectivity index (χ0v) is 18.3. The van der Waals surface area contributed by atoms with Gasteiger partial charge in [0.2, 0.25) is 5.91 Å². The Kier molecular flexibility index (Phi) is 6.79. The molecular formula is C23H30N4O2S. The van der Waals surface area contributed by atoms with Crippen molar-refractivity contribution in [3.05, 3.63) is 40.9 Å². The van der Waals surface area contributed by atoms with Gasteiger partial charge in [-0.15, -0.1) is 11.3 Å². The Labute approximate surface area is 181 Å². The second kappa shape index (κ2) is 9.71. The molecule has 160 valence electrons. The highest BCUT2D eigenvalue weighted by Gasteiger charge is 2.27. The van der Waals surface area contributed by atoms with Crippen LogP contribution >= 0.6 is 11.3 Å². The number of allylic oxidation sites excluding steroid dienone is 1. The topological polar surface area (TPSA) is 74.3 Å². The number of hydrogen-bond donors (Lipinski definition) is 2. The number of benzene rings is 1. The molecule has 2 aliphatic rings. The maximum Gasteiger partial charge on any atom is 0.251 e. The first-order chi connectivity index (χ1) is 14.6. The van der Waals surface area contributed by atoms with E-state index in [4.69, 9.17) is 0 Å². The van der Waals surface area contributed by atoms with Gasteiger partial charge in [-0.1, -0.05) is 11.6 Å². The SMILES string of the molecule is CN1C[C@@H](NC(=O)c2ccc3ncsc3c2)CC[C@@H](C(=O)NCC2=CCCCC2)C1. The summed E-state index contributed by atoms with van der Waals surface area (Å²) < 4.78 is 1.02. The third-order valence-corrected chi connectivity index (χ3v) is 6.89. The van der Waals surface area contributed by atoms with Gasteiger partial charge in [-0.2, -0.15) is 0 Å². The first-order valence-electron chi connectivity index (χ1n) is 10.9. The van der Waals surface area contributed by atoms with E-state index in [1.54, 1.807) is 5.51 Å². The monoisotopic (exact) mass is 426 g/mol. The van der Waals surface area contributed by atoms with Crippen LogP contribution in [0.1, 0.15) is 48.9 Å². The number of carbonyl (C=O) groups is 2. The van der Waals surface area contributed by atoms with E-state index in [2.05, 4.69) is 26.6 Å². The lowest BCUT2D eigenvalue weighted by Gasteiger charge is -2.22. The van der Waals surface area contributed by atoms with E-state index in [0.29, 0.717) is 12.1 Å². The van der Waals surface area contributed by atoms with E-state index in [1.165, 1.54) is 29.8 Å². The lowest BCUT2D eigenvalue weighted by molar-refractivity contribution is -0.125. The third-order valence-electron chi connectivity index (χ3n) is 6.10. The number of nitrogens with zero attached hydrogens (tertiary/aromatic N) is 2. The second-order valence-corrected chi connectivity index (χ2v) is 9.41. The molecule has 1 aliphatic carbocycles. The van der Waals surface area contributed by atoms with Crippen molar-refractivity contribution in [1.82, 2.24) is 20.5 Å². The molecule has 2 aromatic rings. The molecule has 0 radical (unpaired) electrons. The van der Waals surface area contributed by atoms with Gasteiger partial charge in [0.25, 0.3) is 5.91 Å². The second-order valence-electron chi connectivity index (χ2n) is 8.53. The van der Waals surface area contributed by atoms with Gasteiger partial charge in [0, 0.05) is 31.2 Å². The van der Waals surface area contributed by atoms with E-state index >= 15 is 0 Å². The van der Waals surface area contributed by atoms with Gasteiger partial charge in [-0.25, -0.2) is 4.98 Å². The molecule has 2 amide bonds. The molecule has 1 fully saturated rings. The summed E-state index contributed by atoms with van der Waals surface area (Å²) in [6.45, 7) is 2.16. The standard InChI is InChI=1S/C23H30N4O2S/c1-27-13-18(22(28)24-12-16-5-3-2-4-6-16)7-9-19(14-27)26-23(29)17-8-10-20-21(11-17)30-15-25-20/h5,8,10-11,15,18-19H,2-4,6-7,9,12-14H2,1H3,(H,24,28)(H,26,29)/t18-,19+/m1/s1. The Bertz CT molecular complexity index is 938. The molecule has 1 saturated heterocycles. The van der Waals surface area contributed by atoms with Crippen LogP contribution in [0.2, 0.25) is 0 Å². The van der Waals surface area contributed by atoms with Crippen LogP contribution in [0.4, 0.5) is 0 Å². The first-order valence-corrected chi connectivity index (χ1v) is 11.7. The predicted octanol–water partition coefficient (Wildman–Crippen LogP) is 3.35. The van der Waals surface area contributed by atoms with Gasteiger partial charge in [0.15, 0.2) is 0 Å². The van der Waals surface area contributed by atoms with Crippen molar-refractivity contribution in [2.45, 2.75) is 44.6 Å². The summed E-state index contributed by atoms with van der Waals surface area (Å²) in [5.41, 5.74) is 4.74. The Hall–Kier alpha value is -2.25. The van der Waals surface area contributed by atoms with E-state index < -0.39 is 0 Å². The summed E-state index contributed by atoms with van der Waals surface area (Å²) >= 11 is 1.54. The van der Waals surface area contributed by atoms with Crippen molar-refractivity contribution in [3.63, 3.8) is 0 Å². The molecule has 0 saturated carbocycles. The molecule has 7 heteroatoms. The number of rotatable bonds is 5. The molecule has 1 aromatic heterocycles. The fraction of sp³-hybridized carbons (Fsp3) is 0.522. The summed E-state index contributed by atoms with van der Waals surface area (Å²) in [5, 5.41) is 6.31. The maximum atomic E-state index is 12.8. The normalized spacial score (nSPS) is 22.9. The Morgan fingerprint density at radius 1 is 1.23 bits per heavy atom. The van der Waals surface area contributed by atoms with Crippen molar-refractivity contribution in [2.24, 2.45) is 5.92 Å². The number of hydrogen-bond acceptors (Lipinski definition) is 5. The van der Waals surface area contributed by atoms with Crippen LogP contribution in [0.5, 0.6) is 0 Å². The number of nitrogens with one attached hydrogen (secondary N) is 2. The molecule has 2 atom stereocenters. The van der Waals surface area contributed by atoms with Gasteiger partial charge in [0.1, 0.15) is 0 Å². The van der Waals surface area contributed by atoms with Crippen LogP contribution in [0.15, 0.2) is 35.4 Å². The van der Waals surface area contributed by atoms with Crippen LogP contribution in [-0.2, 0) is 4.79 Å². The number of likely N-dealkylation sites (tertiary alicyclic amines) is 1. The number of likely N-dealkylation sites (N-methyl/N-ethyl adjacent to an activating group) is 1. The van der Waals surface area contributed by atoms with Crippen LogP contribution in [0.25, 0.3) is 10.2 Å². The van der Waals surface area contributed by atoms with Crippen LogP contribution < -0.4 is 10.6 Å². The van der Waals surface area contributed by atoms with Crippen molar-refractivity contribution < 1.29 is 9.59 Å². The number of fused-ring (bicyclic) bond motifs is 1. The summed E-state index contributed by atoms with van der Waals surface area (Å²) in [5.74, 6) is 0.0430. The molecule has 0 spiro atoms. The average molecular weight is 427 g/mol. The van der Waals surface area contributed by atoms with Crippen LogP contribution in [0, 0.1) is 5.92 Å². The molecule has 4 rings (SSSR count). The third kappa shape index (κ3) is 5.26. The van der Waals surface area contributed by atoms with Crippen LogP contribution in [0.3, 0.4) is 0 Å². The van der Waals surface area contributed by atoms with E-state index in [0.717, 1.165) is 49.0 Å². The molecule has 1 aliphatic heterocycles. The first kappa shape index (κ1) is 21.0. The van der Waals surface area contributed by atoms with Gasteiger partial charge in [0.05, 0.1) is 21.6 Å². The van der Waals surface area contributed by atoms with Gasteiger partial charge in [-0.05, 0) is 63.8 Å². The molecular weight excluding hydrogens is 396 g/mol. The molecule has 0 bridgehead atoms. The number of amides is 2. The van der Waals surface area contributed by atoms with E-state index in [1.807, 2.05) is 25.2 Å². The zero-order chi connectivity index (χ0) is 20.9. The summed E-state index contributed by atoms with van der Waals surface area (Å²) in [4.78, 5) is 31.9. The van der Waals surface area contributed by atoms with E-state index in [-0.39, 0.29) is 23.8 Å². The molecule has 30 heavy (non-hydrogen) atoms. The lowest BCUT2D eigenvalue weighted by Crippen LogP contribution is -2.42. The minimum absolute atomic E-state index is 0.0327. The largest absolute Gasteiger partial charge is 0.352 e. The molecule has 1 aromatic carbocycles. The highest BCUT2D eigenvalue weighted by molar-refractivity contribution is 7.16. The lowest BCUT2D eigenvalue weighted by atomic mass is 9.98. The molecule has 2 N–H and O–H groups in total. The molecule has 0 unspecified atom stereocenters. The van der Waals surface area contributed by atoms with Gasteiger partial charge >= 0.3 is 0 Å². The maximum absolute atomic E-state index is 12.8. The fourth-order valence-corrected chi connectivity index (χ4v) is 5.14. The Morgan fingerprint density at radius 2 is 2.13 bits per heavy atom. The summed E-state index contributed by atoms with van der Waals surface area (Å²) in [7, 11) is 2.03. The van der Waals surface area contributed by atoms with Crippen molar-refractivity contribution in [3.8, 4) is 0 Å². The summed E-state index contributed by atoms with van der Waals surface area (Å²) in [6, 6.07) is 5.66. The highest BCUT2D eigenvalue weighted by atomic mass is 32.1. The number of carbonyl (C=O) groups excluding carboxylic acids is 2.